The van der Waals surface area contributed by atoms with Crippen LogP contribution in [0, 0.1) is 6.92 Å². The van der Waals surface area contributed by atoms with Crippen LogP contribution in [0.2, 0.25) is 0 Å². The number of aromatic amines is 1. The minimum Gasteiger partial charge on any atom is -0.366 e. The third-order valence-electron chi connectivity index (χ3n) is 3.88. The predicted molar refractivity (Wildman–Crippen MR) is 72.0 cm³/mol. The number of morpholine rings is 1. The molecular weight excluding hydrogens is 258 g/mol. The topological polar surface area (TPSA) is 74.3 Å². The SMILES string of the molecule is Cc1nc([C@H]2CN(C(=O)CN(C)C3CC3)CCO2)n[nH]1. The van der Waals surface area contributed by atoms with E-state index in [9.17, 15) is 4.79 Å². The van der Waals surface area contributed by atoms with Gasteiger partial charge in [0.2, 0.25) is 5.91 Å². The molecule has 1 aromatic heterocycles. The van der Waals surface area contributed by atoms with Crippen LogP contribution < -0.4 is 0 Å². The van der Waals surface area contributed by atoms with E-state index < -0.39 is 0 Å². The fourth-order valence-electron chi connectivity index (χ4n) is 2.49. The lowest BCUT2D eigenvalue weighted by Gasteiger charge is -2.32. The van der Waals surface area contributed by atoms with Gasteiger partial charge in [-0.15, -0.1) is 0 Å². The largest absolute Gasteiger partial charge is 0.366 e. The highest BCUT2D eigenvalue weighted by molar-refractivity contribution is 5.78. The Balaban J connectivity index is 1.58. The number of rotatable bonds is 4. The maximum Gasteiger partial charge on any atom is 0.236 e. The van der Waals surface area contributed by atoms with Crippen molar-refractivity contribution in [3.8, 4) is 0 Å². The molecule has 1 aromatic rings. The van der Waals surface area contributed by atoms with Crippen LogP contribution in [0.3, 0.4) is 0 Å². The standard InChI is InChI=1S/C13H21N5O2/c1-9-14-13(16-15-9)11-7-18(5-6-20-11)12(19)8-17(2)10-3-4-10/h10-11H,3-8H2,1-2H3,(H,14,15,16)/t11-/m1/s1. The first-order valence-electron chi connectivity index (χ1n) is 7.12. The van der Waals surface area contributed by atoms with Gasteiger partial charge in [0.15, 0.2) is 5.82 Å². The van der Waals surface area contributed by atoms with Crippen molar-refractivity contribution in [1.29, 1.82) is 0 Å². The van der Waals surface area contributed by atoms with Gasteiger partial charge in [-0.1, -0.05) is 0 Å². The van der Waals surface area contributed by atoms with Crippen molar-refractivity contribution in [3.05, 3.63) is 11.6 Å². The normalized spacial score (nSPS) is 23.4. The minimum atomic E-state index is -0.219. The Kier molecular flexibility index (Phi) is 3.71. The van der Waals surface area contributed by atoms with Crippen LogP contribution >= 0.6 is 0 Å². The summed E-state index contributed by atoms with van der Waals surface area (Å²) in [6.45, 7) is 4.07. The monoisotopic (exact) mass is 279 g/mol. The summed E-state index contributed by atoms with van der Waals surface area (Å²) < 4.78 is 5.67. The number of aromatic nitrogens is 3. The number of likely N-dealkylation sites (N-methyl/N-ethyl adjacent to an activating group) is 1. The van der Waals surface area contributed by atoms with E-state index in [1.807, 2.05) is 18.9 Å². The molecule has 2 heterocycles. The highest BCUT2D eigenvalue weighted by atomic mass is 16.5. The van der Waals surface area contributed by atoms with Crippen molar-refractivity contribution in [2.45, 2.75) is 31.9 Å². The maximum absolute atomic E-state index is 12.3. The van der Waals surface area contributed by atoms with Gasteiger partial charge >= 0.3 is 0 Å². The predicted octanol–water partition coefficient (Wildman–Crippen LogP) is 0.107. The van der Waals surface area contributed by atoms with Crippen LogP contribution in [0.25, 0.3) is 0 Å². The maximum atomic E-state index is 12.3. The number of H-pyrrole nitrogens is 1. The molecule has 1 saturated heterocycles. The Morgan fingerprint density at radius 1 is 1.55 bits per heavy atom. The Hall–Kier alpha value is -1.47. The van der Waals surface area contributed by atoms with Gasteiger partial charge in [0.05, 0.1) is 19.7 Å². The smallest absolute Gasteiger partial charge is 0.236 e. The van der Waals surface area contributed by atoms with E-state index in [0.717, 1.165) is 5.82 Å². The van der Waals surface area contributed by atoms with Crippen molar-refractivity contribution in [1.82, 2.24) is 25.0 Å². The molecular formula is C13H21N5O2. The lowest BCUT2D eigenvalue weighted by atomic mass is 10.2. The van der Waals surface area contributed by atoms with E-state index in [4.69, 9.17) is 4.74 Å². The van der Waals surface area contributed by atoms with Gasteiger partial charge in [-0.3, -0.25) is 14.8 Å². The minimum absolute atomic E-state index is 0.167. The summed E-state index contributed by atoms with van der Waals surface area (Å²) in [5, 5.41) is 6.94. The summed E-state index contributed by atoms with van der Waals surface area (Å²) in [4.78, 5) is 20.6. The second-order valence-corrected chi connectivity index (χ2v) is 5.62. The molecule has 1 atom stereocenters. The van der Waals surface area contributed by atoms with Gasteiger partial charge in [0.25, 0.3) is 0 Å². The zero-order chi connectivity index (χ0) is 14.1. The number of aryl methyl sites for hydroxylation is 1. The van der Waals surface area contributed by atoms with Crippen LogP contribution in [0.5, 0.6) is 0 Å². The molecule has 1 amide bonds. The van der Waals surface area contributed by atoms with E-state index in [0.29, 0.717) is 38.1 Å². The molecule has 0 unspecified atom stereocenters. The van der Waals surface area contributed by atoms with Crippen molar-refractivity contribution in [3.63, 3.8) is 0 Å². The molecule has 0 spiro atoms. The summed E-state index contributed by atoms with van der Waals surface area (Å²) in [6, 6.07) is 0.603. The Bertz CT molecular complexity index is 485. The summed E-state index contributed by atoms with van der Waals surface area (Å²) in [5.41, 5.74) is 0. The average Bonchev–Trinajstić information content (AvgIpc) is 3.21. The lowest BCUT2D eigenvalue weighted by molar-refractivity contribution is -0.140. The third-order valence-corrected chi connectivity index (χ3v) is 3.88. The molecule has 7 nitrogen and oxygen atoms in total. The van der Waals surface area contributed by atoms with Gasteiger partial charge < -0.3 is 9.64 Å². The zero-order valence-corrected chi connectivity index (χ0v) is 12.0. The number of carbonyl (C=O) groups excluding carboxylic acids is 1. The van der Waals surface area contributed by atoms with Crippen LogP contribution in [0.1, 0.15) is 30.6 Å². The molecule has 7 heteroatoms. The van der Waals surface area contributed by atoms with Crippen molar-refractivity contribution in [2.24, 2.45) is 0 Å². The van der Waals surface area contributed by atoms with Crippen LogP contribution in [0.15, 0.2) is 0 Å². The van der Waals surface area contributed by atoms with Crippen molar-refractivity contribution >= 4 is 5.91 Å². The highest BCUT2D eigenvalue weighted by Crippen LogP contribution is 2.25. The van der Waals surface area contributed by atoms with E-state index in [2.05, 4.69) is 20.1 Å². The first kappa shape index (κ1) is 13.5. The quantitative estimate of drug-likeness (QED) is 0.846. The summed E-state index contributed by atoms with van der Waals surface area (Å²) in [5.74, 6) is 1.57. The van der Waals surface area contributed by atoms with E-state index in [-0.39, 0.29) is 12.0 Å². The molecule has 1 saturated carbocycles. The lowest BCUT2D eigenvalue weighted by Crippen LogP contribution is -2.46. The number of nitrogens with zero attached hydrogens (tertiary/aromatic N) is 4. The van der Waals surface area contributed by atoms with Crippen molar-refractivity contribution in [2.75, 3.05) is 33.3 Å². The van der Waals surface area contributed by atoms with Gasteiger partial charge in [-0.05, 0) is 26.8 Å². The second kappa shape index (κ2) is 5.49. The summed E-state index contributed by atoms with van der Waals surface area (Å²) in [6.07, 6.45) is 2.21. The second-order valence-electron chi connectivity index (χ2n) is 5.62. The molecule has 20 heavy (non-hydrogen) atoms. The van der Waals surface area contributed by atoms with Gasteiger partial charge in [-0.2, -0.15) is 5.10 Å². The fraction of sp³-hybridized carbons (Fsp3) is 0.769. The summed E-state index contributed by atoms with van der Waals surface area (Å²) >= 11 is 0. The Labute approximate surface area is 118 Å². The zero-order valence-electron chi connectivity index (χ0n) is 12.0. The van der Waals surface area contributed by atoms with E-state index >= 15 is 0 Å². The first-order valence-corrected chi connectivity index (χ1v) is 7.12. The molecule has 1 aliphatic carbocycles. The number of hydrogen-bond donors (Lipinski definition) is 1. The molecule has 0 bridgehead atoms. The number of nitrogens with one attached hydrogen (secondary N) is 1. The molecule has 3 rings (SSSR count). The molecule has 1 N–H and O–H groups in total. The van der Waals surface area contributed by atoms with Crippen LogP contribution in [-0.2, 0) is 9.53 Å². The van der Waals surface area contributed by atoms with E-state index in [1.54, 1.807) is 0 Å². The summed E-state index contributed by atoms with van der Waals surface area (Å²) in [7, 11) is 2.02. The Morgan fingerprint density at radius 3 is 3.00 bits per heavy atom. The molecule has 1 aliphatic heterocycles. The number of ether oxygens (including phenoxy) is 1. The molecule has 110 valence electrons. The van der Waals surface area contributed by atoms with Gasteiger partial charge in [-0.25, -0.2) is 4.98 Å². The fourth-order valence-corrected chi connectivity index (χ4v) is 2.49. The highest BCUT2D eigenvalue weighted by Gasteiger charge is 2.31. The number of amides is 1. The molecule has 0 radical (unpaired) electrons. The van der Waals surface area contributed by atoms with Crippen LogP contribution in [-0.4, -0.2) is 70.2 Å². The molecule has 0 aromatic carbocycles. The van der Waals surface area contributed by atoms with Gasteiger partial charge in [0, 0.05) is 12.6 Å². The third kappa shape index (κ3) is 2.99. The van der Waals surface area contributed by atoms with Crippen molar-refractivity contribution < 1.29 is 9.53 Å². The number of carbonyl (C=O) groups is 1. The van der Waals surface area contributed by atoms with Crippen LogP contribution in [0.4, 0.5) is 0 Å². The Morgan fingerprint density at radius 2 is 2.35 bits per heavy atom. The average molecular weight is 279 g/mol. The molecule has 2 fully saturated rings. The van der Waals surface area contributed by atoms with E-state index in [1.165, 1.54) is 12.8 Å². The first-order chi connectivity index (χ1) is 9.63. The number of hydrogen-bond acceptors (Lipinski definition) is 5. The van der Waals surface area contributed by atoms with Gasteiger partial charge in [0.1, 0.15) is 11.9 Å². The molecule has 2 aliphatic rings.